The van der Waals surface area contributed by atoms with Crippen LogP contribution in [0.4, 0.5) is 0 Å². The highest BCUT2D eigenvalue weighted by molar-refractivity contribution is 6.27. The van der Waals surface area contributed by atoms with E-state index in [1.807, 2.05) is 13.0 Å². The van der Waals surface area contributed by atoms with E-state index in [0.29, 0.717) is 6.61 Å². The minimum absolute atomic E-state index is 0.172. The van der Waals surface area contributed by atoms with Crippen molar-refractivity contribution in [1.82, 2.24) is 4.90 Å². The van der Waals surface area contributed by atoms with Crippen molar-refractivity contribution in [1.29, 1.82) is 0 Å². The predicted molar refractivity (Wildman–Crippen MR) is 88.4 cm³/mol. The van der Waals surface area contributed by atoms with E-state index in [4.69, 9.17) is 24.5 Å². The average Bonchev–Trinajstić information content (AvgIpc) is 2.56. The van der Waals surface area contributed by atoms with Crippen molar-refractivity contribution in [2.24, 2.45) is 0 Å². The summed E-state index contributed by atoms with van der Waals surface area (Å²) in [4.78, 5) is 32.8. The molecule has 1 aliphatic rings. The lowest BCUT2D eigenvalue weighted by Gasteiger charge is -2.38. The van der Waals surface area contributed by atoms with Gasteiger partial charge in [0.15, 0.2) is 0 Å². The maximum absolute atomic E-state index is 12.4. The lowest BCUT2D eigenvalue weighted by molar-refractivity contribution is -0.159. The van der Waals surface area contributed by atoms with Crippen LogP contribution in [-0.2, 0) is 24.5 Å². The summed E-state index contributed by atoms with van der Waals surface area (Å²) in [5, 5.41) is 24.4. The van der Waals surface area contributed by atoms with Crippen LogP contribution in [0.2, 0.25) is 0 Å². The number of piperidine rings is 1. The smallest absolute Gasteiger partial charge is 0.414 e. The number of carboxylic acids is 2. The van der Waals surface area contributed by atoms with Gasteiger partial charge in [-0.25, -0.2) is 9.59 Å². The molecule has 1 aromatic carbocycles. The molecule has 0 amide bonds. The minimum atomic E-state index is -1.82. The molecule has 1 heterocycles. The molecule has 0 atom stereocenters. The van der Waals surface area contributed by atoms with Gasteiger partial charge in [-0.1, -0.05) is 12.1 Å². The van der Waals surface area contributed by atoms with E-state index in [-0.39, 0.29) is 11.7 Å². The molecule has 1 saturated heterocycles. The highest BCUT2D eigenvalue weighted by atomic mass is 16.5. The standard InChI is InChI=1S/C15H21NO3.C2H2O4/c1-3-19-14(18)15(7-9-16(2)10-8-15)12-5-4-6-13(17)11-12;3-1(4)2(5)6/h4-6,11,17H,3,7-10H2,1-2H3;(H,3,4)(H,5,6). The van der Waals surface area contributed by atoms with Crippen LogP contribution in [0, 0.1) is 0 Å². The molecule has 0 radical (unpaired) electrons. The predicted octanol–water partition coefficient (Wildman–Crippen LogP) is 1.07. The zero-order valence-corrected chi connectivity index (χ0v) is 14.3. The molecule has 0 bridgehead atoms. The first-order chi connectivity index (χ1) is 11.7. The number of hydrogen-bond acceptors (Lipinski definition) is 6. The fourth-order valence-electron chi connectivity index (χ4n) is 2.68. The van der Waals surface area contributed by atoms with Crippen LogP contribution in [0.1, 0.15) is 25.3 Å². The van der Waals surface area contributed by atoms with Gasteiger partial charge in [0.05, 0.1) is 12.0 Å². The van der Waals surface area contributed by atoms with Gasteiger partial charge >= 0.3 is 17.9 Å². The van der Waals surface area contributed by atoms with E-state index >= 15 is 0 Å². The summed E-state index contributed by atoms with van der Waals surface area (Å²) < 4.78 is 5.28. The molecule has 8 heteroatoms. The lowest BCUT2D eigenvalue weighted by Crippen LogP contribution is -2.47. The lowest BCUT2D eigenvalue weighted by atomic mass is 9.72. The number of phenolic OH excluding ortho intramolecular Hbond substituents is 1. The Morgan fingerprint density at radius 2 is 1.72 bits per heavy atom. The van der Waals surface area contributed by atoms with Gasteiger partial charge in [0.1, 0.15) is 5.75 Å². The first-order valence-electron chi connectivity index (χ1n) is 7.84. The van der Waals surface area contributed by atoms with Crippen LogP contribution in [-0.4, -0.2) is 64.9 Å². The first kappa shape index (κ1) is 20.4. The fourth-order valence-corrected chi connectivity index (χ4v) is 2.68. The van der Waals surface area contributed by atoms with E-state index < -0.39 is 17.4 Å². The Hall–Kier alpha value is -2.61. The van der Waals surface area contributed by atoms with E-state index in [9.17, 15) is 9.90 Å². The van der Waals surface area contributed by atoms with Crippen LogP contribution in [0.3, 0.4) is 0 Å². The van der Waals surface area contributed by atoms with Crippen LogP contribution in [0.5, 0.6) is 5.75 Å². The summed E-state index contributed by atoms with van der Waals surface area (Å²) in [5.41, 5.74) is 0.250. The highest BCUT2D eigenvalue weighted by Crippen LogP contribution is 2.37. The quantitative estimate of drug-likeness (QED) is 0.544. The maximum atomic E-state index is 12.4. The van der Waals surface area contributed by atoms with Gasteiger partial charge in [-0.3, -0.25) is 4.79 Å². The van der Waals surface area contributed by atoms with E-state index in [0.717, 1.165) is 31.5 Å². The molecule has 0 aliphatic carbocycles. The van der Waals surface area contributed by atoms with Crippen LogP contribution in [0.15, 0.2) is 24.3 Å². The number of ether oxygens (including phenoxy) is 1. The molecular weight excluding hydrogens is 330 g/mol. The van der Waals surface area contributed by atoms with Gasteiger partial charge in [0.2, 0.25) is 0 Å². The maximum Gasteiger partial charge on any atom is 0.414 e. The molecule has 2 rings (SSSR count). The Labute approximate surface area is 145 Å². The Bertz CT molecular complexity index is 609. The number of nitrogens with zero attached hydrogens (tertiary/aromatic N) is 1. The molecule has 25 heavy (non-hydrogen) atoms. The summed E-state index contributed by atoms with van der Waals surface area (Å²) in [6.45, 7) is 3.92. The first-order valence-corrected chi connectivity index (χ1v) is 7.84. The second-order valence-electron chi connectivity index (χ2n) is 5.77. The van der Waals surface area contributed by atoms with Crippen molar-refractivity contribution in [2.45, 2.75) is 25.2 Å². The van der Waals surface area contributed by atoms with Crippen molar-refractivity contribution in [3.8, 4) is 5.75 Å². The average molecular weight is 353 g/mol. The number of aromatic hydroxyl groups is 1. The van der Waals surface area contributed by atoms with Crippen molar-refractivity contribution in [3.63, 3.8) is 0 Å². The number of carbonyl (C=O) groups is 3. The van der Waals surface area contributed by atoms with E-state index in [1.165, 1.54) is 0 Å². The molecule has 0 saturated carbocycles. The Morgan fingerprint density at radius 3 is 2.16 bits per heavy atom. The van der Waals surface area contributed by atoms with Crippen LogP contribution in [0.25, 0.3) is 0 Å². The monoisotopic (exact) mass is 353 g/mol. The zero-order chi connectivity index (χ0) is 19.0. The zero-order valence-electron chi connectivity index (χ0n) is 14.3. The number of phenols is 1. The fraction of sp³-hybridized carbons (Fsp3) is 0.471. The van der Waals surface area contributed by atoms with Gasteiger partial charge < -0.3 is 25.0 Å². The summed E-state index contributed by atoms with van der Waals surface area (Å²) in [7, 11) is 2.05. The van der Waals surface area contributed by atoms with Gasteiger partial charge in [0, 0.05) is 0 Å². The Morgan fingerprint density at radius 1 is 1.16 bits per heavy atom. The highest BCUT2D eigenvalue weighted by Gasteiger charge is 2.43. The van der Waals surface area contributed by atoms with Gasteiger partial charge in [0.25, 0.3) is 0 Å². The Balaban J connectivity index is 0.000000450. The van der Waals surface area contributed by atoms with Crippen molar-refractivity contribution in [3.05, 3.63) is 29.8 Å². The molecule has 0 aromatic heterocycles. The molecule has 1 fully saturated rings. The molecule has 138 valence electrons. The third-order valence-corrected chi connectivity index (χ3v) is 4.09. The Kier molecular flexibility index (Phi) is 7.38. The summed E-state index contributed by atoms with van der Waals surface area (Å²) >= 11 is 0. The number of aliphatic carboxylic acids is 2. The SMILES string of the molecule is CCOC(=O)C1(c2cccc(O)c2)CCN(C)CC1.O=C(O)C(=O)O. The van der Waals surface area contributed by atoms with Crippen LogP contribution < -0.4 is 0 Å². The van der Waals surface area contributed by atoms with Gasteiger partial charge in [-0.2, -0.15) is 0 Å². The van der Waals surface area contributed by atoms with E-state index in [1.54, 1.807) is 18.2 Å². The molecule has 0 spiro atoms. The summed E-state index contributed by atoms with van der Waals surface area (Å²) in [5.74, 6) is -3.63. The molecule has 1 aromatic rings. The number of likely N-dealkylation sites (tertiary alicyclic amines) is 1. The van der Waals surface area contributed by atoms with Crippen molar-refractivity contribution < 1.29 is 34.4 Å². The van der Waals surface area contributed by atoms with Gasteiger partial charge in [-0.05, 0) is 57.6 Å². The second kappa shape index (κ2) is 9.03. The molecule has 3 N–H and O–H groups in total. The third-order valence-electron chi connectivity index (χ3n) is 4.09. The number of carbonyl (C=O) groups excluding carboxylic acids is 1. The largest absolute Gasteiger partial charge is 0.508 e. The number of esters is 1. The van der Waals surface area contributed by atoms with E-state index in [2.05, 4.69) is 11.9 Å². The summed E-state index contributed by atoms with van der Waals surface area (Å²) in [6, 6.07) is 6.99. The topological polar surface area (TPSA) is 124 Å². The molecule has 1 aliphatic heterocycles. The summed E-state index contributed by atoms with van der Waals surface area (Å²) in [6.07, 6.45) is 1.46. The van der Waals surface area contributed by atoms with Crippen LogP contribution >= 0.6 is 0 Å². The third kappa shape index (κ3) is 5.46. The number of carboxylic acid groups (broad SMARTS) is 2. The molecular formula is C17H23NO7. The number of hydrogen-bond donors (Lipinski definition) is 3. The van der Waals surface area contributed by atoms with Crippen molar-refractivity contribution in [2.75, 3.05) is 26.7 Å². The minimum Gasteiger partial charge on any atom is -0.508 e. The second-order valence-corrected chi connectivity index (χ2v) is 5.77. The normalized spacial score (nSPS) is 16.2. The molecule has 8 nitrogen and oxygen atoms in total. The van der Waals surface area contributed by atoms with Crippen molar-refractivity contribution >= 4 is 17.9 Å². The number of rotatable bonds is 3. The van der Waals surface area contributed by atoms with Gasteiger partial charge in [-0.15, -0.1) is 0 Å². The number of benzene rings is 1. The molecule has 0 unspecified atom stereocenters.